The van der Waals surface area contributed by atoms with Crippen molar-refractivity contribution >= 4 is 63.0 Å². The van der Waals surface area contributed by atoms with E-state index in [0.717, 1.165) is 16.7 Å². The van der Waals surface area contributed by atoms with Crippen LogP contribution in [0.25, 0.3) is 85.6 Å². The number of hydrogen-bond acceptors (Lipinski definition) is 5. The SMILES string of the molecule is c1ccc(-c2nc(-c3ccccc3)nc(-c3ccc4sc5cc(-c6cccc7c6sc6ccccc67)ccc5c4c3)n2)cc1. The van der Waals surface area contributed by atoms with Gasteiger partial charge in [-0.25, -0.2) is 15.0 Å². The summed E-state index contributed by atoms with van der Waals surface area (Å²) in [4.78, 5) is 14.8. The molecule has 0 unspecified atom stereocenters. The van der Waals surface area contributed by atoms with Gasteiger partial charge in [0.2, 0.25) is 0 Å². The van der Waals surface area contributed by atoms with Gasteiger partial charge < -0.3 is 0 Å². The van der Waals surface area contributed by atoms with Crippen LogP contribution in [0, 0.1) is 0 Å². The van der Waals surface area contributed by atoms with E-state index >= 15 is 0 Å². The zero-order valence-corrected chi connectivity index (χ0v) is 25.1. The monoisotopic (exact) mass is 597 g/mol. The molecule has 0 aliphatic heterocycles. The number of hydrogen-bond donors (Lipinski definition) is 0. The minimum absolute atomic E-state index is 0.671. The second kappa shape index (κ2) is 10.2. The van der Waals surface area contributed by atoms with E-state index in [9.17, 15) is 0 Å². The number of rotatable bonds is 4. The standard InChI is InChI=1S/C39H23N3S2/c1-3-10-24(11-4-1)37-40-38(25-12-5-2-6-13-25)42-39(41-37)27-19-21-34-32(22-27)30-20-18-26(23-35(30)43-34)28-15-9-16-31-29-14-7-8-17-33(29)44-36(28)31/h1-23H. The fraction of sp³-hybridized carbons (Fsp3) is 0. The third kappa shape index (κ3) is 4.21. The summed E-state index contributed by atoms with van der Waals surface area (Å²) in [5.41, 5.74) is 5.45. The number of nitrogens with zero attached hydrogens (tertiary/aromatic N) is 3. The van der Waals surface area contributed by atoms with E-state index in [1.165, 1.54) is 51.5 Å². The lowest BCUT2D eigenvalue weighted by Crippen LogP contribution is -2.00. The van der Waals surface area contributed by atoms with E-state index < -0.39 is 0 Å². The molecule has 0 N–H and O–H groups in total. The second-order valence-corrected chi connectivity index (χ2v) is 13.0. The van der Waals surface area contributed by atoms with E-state index in [2.05, 4.69) is 78.9 Å². The van der Waals surface area contributed by atoms with Gasteiger partial charge in [-0.2, -0.15) is 0 Å². The molecule has 0 spiro atoms. The maximum Gasteiger partial charge on any atom is 0.164 e. The molecule has 0 aliphatic rings. The van der Waals surface area contributed by atoms with Gasteiger partial charge in [-0.05, 0) is 41.5 Å². The Kier molecular flexibility index (Phi) is 5.86. The van der Waals surface area contributed by atoms with Crippen LogP contribution in [0.4, 0.5) is 0 Å². The van der Waals surface area contributed by atoms with E-state index in [0.29, 0.717) is 17.5 Å². The molecule has 3 nitrogen and oxygen atoms in total. The summed E-state index contributed by atoms with van der Waals surface area (Å²) < 4.78 is 5.20. The van der Waals surface area contributed by atoms with Gasteiger partial charge >= 0.3 is 0 Å². The summed E-state index contributed by atoms with van der Waals surface area (Å²) in [6.45, 7) is 0. The van der Waals surface area contributed by atoms with Gasteiger partial charge in [0.25, 0.3) is 0 Å². The van der Waals surface area contributed by atoms with Crippen LogP contribution in [0.1, 0.15) is 0 Å². The molecule has 3 aromatic heterocycles. The lowest BCUT2D eigenvalue weighted by atomic mass is 10.0. The molecule has 206 valence electrons. The van der Waals surface area contributed by atoms with Gasteiger partial charge in [-0.15, -0.1) is 22.7 Å². The molecule has 3 heterocycles. The van der Waals surface area contributed by atoms with Crippen molar-refractivity contribution in [2.75, 3.05) is 0 Å². The molecule has 44 heavy (non-hydrogen) atoms. The van der Waals surface area contributed by atoms with Crippen molar-refractivity contribution in [1.29, 1.82) is 0 Å². The molecule has 0 atom stereocenters. The molecule has 0 bridgehead atoms. The molecule has 9 aromatic rings. The molecular formula is C39H23N3S2. The van der Waals surface area contributed by atoms with Gasteiger partial charge in [-0.3, -0.25) is 0 Å². The lowest BCUT2D eigenvalue weighted by molar-refractivity contribution is 1.07. The van der Waals surface area contributed by atoms with Gasteiger partial charge in [-0.1, -0.05) is 109 Å². The van der Waals surface area contributed by atoms with Gasteiger partial charge in [0.1, 0.15) is 0 Å². The number of benzene rings is 6. The first-order valence-electron chi connectivity index (χ1n) is 14.5. The van der Waals surface area contributed by atoms with Crippen molar-refractivity contribution in [1.82, 2.24) is 15.0 Å². The first-order chi connectivity index (χ1) is 21.8. The second-order valence-electron chi connectivity index (χ2n) is 10.8. The molecule has 5 heteroatoms. The Morgan fingerprint density at radius 2 is 0.932 bits per heavy atom. The molecule has 0 saturated carbocycles. The zero-order valence-electron chi connectivity index (χ0n) is 23.4. The van der Waals surface area contributed by atoms with Crippen LogP contribution in [0.5, 0.6) is 0 Å². The quantitative estimate of drug-likeness (QED) is 0.203. The summed E-state index contributed by atoms with van der Waals surface area (Å²) in [7, 11) is 0. The highest BCUT2D eigenvalue weighted by atomic mass is 32.1. The topological polar surface area (TPSA) is 38.7 Å². The van der Waals surface area contributed by atoms with E-state index in [1.807, 2.05) is 83.3 Å². The van der Waals surface area contributed by atoms with Crippen molar-refractivity contribution < 1.29 is 0 Å². The normalized spacial score (nSPS) is 11.6. The highest BCUT2D eigenvalue weighted by molar-refractivity contribution is 7.26. The highest BCUT2D eigenvalue weighted by Gasteiger charge is 2.15. The Morgan fingerprint density at radius 3 is 1.68 bits per heavy atom. The number of fused-ring (bicyclic) bond motifs is 6. The van der Waals surface area contributed by atoms with Crippen molar-refractivity contribution in [3.05, 3.63) is 140 Å². The Balaban J connectivity index is 1.18. The van der Waals surface area contributed by atoms with Crippen LogP contribution in [0.2, 0.25) is 0 Å². The third-order valence-electron chi connectivity index (χ3n) is 8.14. The predicted molar refractivity (Wildman–Crippen MR) is 187 cm³/mol. The largest absolute Gasteiger partial charge is 0.208 e. The molecule has 0 fully saturated rings. The third-order valence-corrected chi connectivity index (χ3v) is 10.5. The number of thiophene rings is 2. The maximum atomic E-state index is 4.95. The maximum absolute atomic E-state index is 4.95. The van der Waals surface area contributed by atoms with Crippen LogP contribution in [-0.2, 0) is 0 Å². The van der Waals surface area contributed by atoms with Crippen molar-refractivity contribution in [3.63, 3.8) is 0 Å². The molecule has 6 aromatic carbocycles. The lowest BCUT2D eigenvalue weighted by Gasteiger charge is -2.08. The van der Waals surface area contributed by atoms with E-state index in [1.54, 1.807) is 0 Å². The van der Waals surface area contributed by atoms with E-state index in [-0.39, 0.29) is 0 Å². The Morgan fingerprint density at radius 1 is 0.341 bits per heavy atom. The van der Waals surface area contributed by atoms with Crippen LogP contribution < -0.4 is 0 Å². The molecule has 0 amide bonds. The summed E-state index contributed by atoms with van der Waals surface area (Å²) in [6.07, 6.45) is 0. The zero-order chi connectivity index (χ0) is 29.0. The van der Waals surface area contributed by atoms with E-state index in [4.69, 9.17) is 15.0 Å². The van der Waals surface area contributed by atoms with Crippen LogP contribution in [0.15, 0.2) is 140 Å². The fourth-order valence-corrected chi connectivity index (χ4v) is 8.36. The minimum atomic E-state index is 0.671. The Labute approximate surface area is 261 Å². The average molecular weight is 598 g/mol. The molecule has 0 aliphatic carbocycles. The summed E-state index contributed by atoms with van der Waals surface area (Å²) >= 11 is 3.71. The first-order valence-corrected chi connectivity index (χ1v) is 16.2. The smallest absolute Gasteiger partial charge is 0.164 e. The summed E-state index contributed by atoms with van der Waals surface area (Å²) in [5.74, 6) is 2.02. The van der Waals surface area contributed by atoms with Crippen LogP contribution >= 0.6 is 22.7 Å². The molecule has 0 radical (unpaired) electrons. The first kappa shape index (κ1) is 25.3. The van der Waals surface area contributed by atoms with Crippen LogP contribution in [-0.4, -0.2) is 15.0 Å². The average Bonchev–Trinajstić information content (AvgIpc) is 3.66. The van der Waals surface area contributed by atoms with Crippen molar-refractivity contribution in [2.45, 2.75) is 0 Å². The highest BCUT2D eigenvalue weighted by Crippen LogP contribution is 2.42. The molecular weight excluding hydrogens is 575 g/mol. The van der Waals surface area contributed by atoms with Gasteiger partial charge in [0.15, 0.2) is 17.5 Å². The molecule has 0 saturated heterocycles. The van der Waals surface area contributed by atoms with Gasteiger partial charge in [0.05, 0.1) is 0 Å². The minimum Gasteiger partial charge on any atom is -0.208 e. The Bertz CT molecular complexity index is 2440. The fourth-order valence-electron chi connectivity index (χ4n) is 6.00. The predicted octanol–water partition coefficient (Wildman–Crippen LogP) is 11.3. The van der Waals surface area contributed by atoms with Crippen molar-refractivity contribution in [3.8, 4) is 45.3 Å². The van der Waals surface area contributed by atoms with Gasteiger partial charge in [0, 0.05) is 57.0 Å². The van der Waals surface area contributed by atoms with Crippen molar-refractivity contribution in [2.24, 2.45) is 0 Å². The Hall–Kier alpha value is -5.23. The number of aromatic nitrogens is 3. The summed E-state index contributed by atoms with van der Waals surface area (Å²) in [5, 5.41) is 5.12. The molecule has 9 rings (SSSR count). The van der Waals surface area contributed by atoms with Crippen LogP contribution in [0.3, 0.4) is 0 Å². The summed E-state index contributed by atoms with van der Waals surface area (Å²) in [6, 6.07) is 49.1.